The van der Waals surface area contributed by atoms with Crippen molar-refractivity contribution in [3.63, 3.8) is 0 Å². The Morgan fingerprint density at radius 2 is 2.14 bits per heavy atom. The van der Waals surface area contributed by atoms with Crippen LogP contribution >= 0.6 is 27.5 Å². The van der Waals surface area contributed by atoms with Gasteiger partial charge >= 0.3 is 0 Å². The van der Waals surface area contributed by atoms with Gasteiger partial charge in [0.15, 0.2) is 0 Å². The first-order chi connectivity index (χ1) is 6.59. The molecule has 1 aromatic rings. The number of hydrogen-bond acceptors (Lipinski definition) is 1. The average molecular weight is 280 g/mol. The summed E-state index contributed by atoms with van der Waals surface area (Å²) in [5.74, 6) is -0.231. The smallest absolute Gasteiger partial charge is 0.131 e. The molecule has 1 atom stereocenters. The van der Waals surface area contributed by atoms with Crippen LogP contribution < -0.4 is 0 Å². The van der Waals surface area contributed by atoms with Crippen molar-refractivity contribution in [1.29, 1.82) is 0 Å². The van der Waals surface area contributed by atoms with E-state index in [-0.39, 0.29) is 5.92 Å². The molecule has 0 aliphatic heterocycles. The van der Waals surface area contributed by atoms with Crippen molar-refractivity contribution in [3.05, 3.63) is 33.0 Å². The number of benzene rings is 1. The third kappa shape index (κ3) is 1.95. The van der Waals surface area contributed by atoms with Gasteiger partial charge in [0.25, 0.3) is 0 Å². The fourth-order valence-electron chi connectivity index (χ4n) is 1.48. The van der Waals surface area contributed by atoms with Gasteiger partial charge in [-0.05, 0) is 30.9 Å². The van der Waals surface area contributed by atoms with Crippen LogP contribution in [-0.4, -0.2) is 5.11 Å². The monoisotopic (exact) mass is 278 g/mol. The second kappa shape index (κ2) is 3.80. The molecular formula is C10H9BrClFO. The number of rotatable bonds is 2. The van der Waals surface area contributed by atoms with Crippen LogP contribution in [-0.2, 0) is 0 Å². The second-order valence-corrected chi connectivity index (χ2v) is 4.86. The fourth-order valence-corrected chi connectivity index (χ4v) is 2.49. The number of hydrogen-bond donors (Lipinski definition) is 1. The lowest BCUT2D eigenvalue weighted by atomic mass is 10.1. The number of aliphatic hydroxyl groups is 1. The number of aliphatic hydroxyl groups excluding tert-OH is 1. The van der Waals surface area contributed by atoms with Crippen LogP contribution in [0.4, 0.5) is 4.39 Å². The molecule has 0 amide bonds. The molecule has 1 nitrogen and oxygen atoms in total. The minimum absolute atomic E-state index is 0.210. The zero-order valence-electron chi connectivity index (χ0n) is 7.30. The Morgan fingerprint density at radius 3 is 2.64 bits per heavy atom. The van der Waals surface area contributed by atoms with Crippen molar-refractivity contribution in [3.8, 4) is 0 Å². The number of halogens is 3. The highest BCUT2D eigenvalue weighted by molar-refractivity contribution is 9.10. The van der Waals surface area contributed by atoms with E-state index in [1.165, 1.54) is 6.07 Å². The van der Waals surface area contributed by atoms with E-state index in [1.54, 1.807) is 6.07 Å². The van der Waals surface area contributed by atoms with E-state index in [0.717, 1.165) is 12.8 Å². The lowest BCUT2D eigenvalue weighted by Gasteiger charge is -2.13. The van der Waals surface area contributed by atoms with Crippen LogP contribution in [0.2, 0.25) is 5.02 Å². The first-order valence-electron chi connectivity index (χ1n) is 4.42. The van der Waals surface area contributed by atoms with Crippen molar-refractivity contribution in [1.82, 2.24) is 0 Å². The molecule has 0 spiro atoms. The Hall–Kier alpha value is -0.120. The molecule has 0 aromatic heterocycles. The summed E-state index contributed by atoms with van der Waals surface area (Å²) < 4.78 is 14.0. The van der Waals surface area contributed by atoms with Crippen molar-refractivity contribution >= 4 is 27.5 Å². The van der Waals surface area contributed by atoms with Crippen LogP contribution in [0, 0.1) is 11.7 Å². The van der Waals surface area contributed by atoms with E-state index < -0.39 is 11.9 Å². The molecule has 1 aliphatic carbocycles. The lowest BCUT2D eigenvalue weighted by Crippen LogP contribution is -2.03. The van der Waals surface area contributed by atoms with Crippen LogP contribution in [0.1, 0.15) is 24.5 Å². The summed E-state index contributed by atoms with van der Waals surface area (Å²) in [6.07, 6.45) is 1.23. The zero-order valence-corrected chi connectivity index (χ0v) is 9.65. The highest BCUT2D eigenvalue weighted by atomic mass is 79.9. The Kier molecular flexibility index (Phi) is 2.82. The second-order valence-electron chi connectivity index (χ2n) is 3.57. The molecule has 4 heteroatoms. The summed E-state index contributed by atoms with van der Waals surface area (Å²) in [6.45, 7) is 0. The van der Waals surface area contributed by atoms with Crippen molar-refractivity contribution in [2.24, 2.45) is 5.92 Å². The maximum Gasteiger partial charge on any atom is 0.131 e. The summed E-state index contributed by atoms with van der Waals surface area (Å²) in [7, 11) is 0. The quantitative estimate of drug-likeness (QED) is 0.875. The van der Waals surface area contributed by atoms with Crippen LogP contribution in [0.25, 0.3) is 0 Å². The molecule has 1 N–H and O–H groups in total. The van der Waals surface area contributed by atoms with Crippen molar-refractivity contribution in [2.75, 3.05) is 0 Å². The highest BCUT2D eigenvalue weighted by Crippen LogP contribution is 2.44. The molecule has 0 saturated heterocycles. The Bertz CT molecular complexity index is 342. The molecular weight excluding hydrogens is 270 g/mol. The molecule has 1 aromatic carbocycles. The minimum Gasteiger partial charge on any atom is -0.388 e. The topological polar surface area (TPSA) is 20.2 Å². The van der Waals surface area contributed by atoms with E-state index in [4.69, 9.17) is 11.6 Å². The van der Waals surface area contributed by atoms with Gasteiger partial charge in [0.1, 0.15) is 5.82 Å². The SMILES string of the molecule is OC(c1c(F)cc(Cl)cc1Br)C1CC1. The third-order valence-corrected chi connectivity index (χ3v) is 3.28. The predicted octanol–water partition coefficient (Wildman–Crippen LogP) is 3.69. The largest absolute Gasteiger partial charge is 0.388 e. The van der Waals surface area contributed by atoms with E-state index in [0.29, 0.717) is 15.1 Å². The molecule has 1 unspecified atom stereocenters. The fraction of sp³-hybridized carbons (Fsp3) is 0.400. The summed E-state index contributed by atoms with van der Waals surface area (Å²) >= 11 is 8.88. The molecule has 76 valence electrons. The van der Waals surface area contributed by atoms with Crippen LogP contribution in [0.15, 0.2) is 16.6 Å². The maximum atomic E-state index is 13.5. The normalized spacial score (nSPS) is 18.3. The van der Waals surface area contributed by atoms with Gasteiger partial charge in [-0.1, -0.05) is 27.5 Å². The van der Waals surface area contributed by atoms with Gasteiger partial charge in [0, 0.05) is 15.1 Å². The molecule has 1 fully saturated rings. The highest BCUT2D eigenvalue weighted by Gasteiger charge is 2.33. The predicted molar refractivity (Wildman–Crippen MR) is 56.8 cm³/mol. The van der Waals surface area contributed by atoms with Gasteiger partial charge in [-0.3, -0.25) is 0 Å². The zero-order chi connectivity index (χ0) is 10.3. The Labute approximate surface area is 95.0 Å². The summed E-state index contributed by atoms with van der Waals surface area (Å²) in [5.41, 5.74) is 0.330. The standard InChI is InChI=1S/C10H9BrClFO/c11-7-3-6(12)4-8(13)9(7)10(14)5-1-2-5/h3-5,10,14H,1-2H2. The van der Waals surface area contributed by atoms with E-state index >= 15 is 0 Å². The maximum absolute atomic E-state index is 13.5. The first kappa shape index (κ1) is 10.4. The van der Waals surface area contributed by atoms with E-state index in [9.17, 15) is 9.50 Å². The molecule has 1 saturated carbocycles. The molecule has 2 rings (SSSR count). The average Bonchev–Trinajstić information content (AvgIpc) is 2.83. The molecule has 14 heavy (non-hydrogen) atoms. The van der Waals surface area contributed by atoms with Gasteiger partial charge < -0.3 is 5.11 Å². The molecule has 0 radical (unpaired) electrons. The summed E-state index contributed by atoms with van der Waals surface area (Å²) in [5, 5.41) is 10.1. The lowest BCUT2D eigenvalue weighted by molar-refractivity contribution is 0.148. The van der Waals surface area contributed by atoms with Crippen molar-refractivity contribution < 1.29 is 9.50 Å². The molecule has 0 bridgehead atoms. The Balaban J connectivity index is 2.40. The van der Waals surface area contributed by atoms with Gasteiger partial charge in [-0.15, -0.1) is 0 Å². The van der Waals surface area contributed by atoms with Gasteiger partial charge in [-0.25, -0.2) is 4.39 Å². The van der Waals surface area contributed by atoms with Gasteiger partial charge in [0.2, 0.25) is 0 Å². The van der Waals surface area contributed by atoms with Gasteiger partial charge in [-0.2, -0.15) is 0 Å². The minimum atomic E-state index is -0.707. The molecule has 0 heterocycles. The van der Waals surface area contributed by atoms with Gasteiger partial charge in [0.05, 0.1) is 6.10 Å². The van der Waals surface area contributed by atoms with Crippen LogP contribution in [0.3, 0.4) is 0 Å². The summed E-state index contributed by atoms with van der Waals surface area (Å²) in [6, 6.07) is 2.83. The Morgan fingerprint density at radius 1 is 1.50 bits per heavy atom. The van der Waals surface area contributed by atoms with Crippen LogP contribution in [0.5, 0.6) is 0 Å². The van der Waals surface area contributed by atoms with Crippen molar-refractivity contribution in [2.45, 2.75) is 18.9 Å². The summed E-state index contributed by atoms with van der Waals surface area (Å²) in [4.78, 5) is 0. The van der Waals surface area contributed by atoms with E-state index in [1.807, 2.05) is 0 Å². The first-order valence-corrected chi connectivity index (χ1v) is 5.59. The van der Waals surface area contributed by atoms with E-state index in [2.05, 4.69) is 15.9 Å². The molecule has 1 aliphatic rings. The third-order valence-electron chi connectivity index (χ3n) is 2.41.